The van der Waals surface area contributed by atoms with Gasteiger partial charge in [-0.3, -0.25) is 9.59 Å². The third-order valence-corrected chi connectivity index (χ3v) is 7.18. The minimum atomic E-state index is -0.187. The number of aromatic amines is 1. The van der Waals surface area contributed by atoms with Crippen LogP contribution in [0.5, 0.6) is 5.75 Å². The second-order valence-corrected chi connectivity index (χ2v) is 9.17. The van der Waals surface area contributed by atoms with E-state index in [0.29, 0.717) is 12.3 Å². The number of benzene rings is 3. The Morgan fingerprint density at radius 1 is 1.09 bits per heavy atom. The highest BCUT2D eigenvalue weighted by Crippen LogP contribution is 2.35. The lowest BCUT2D eigenvalue weighted by molar-refractivity contribution is -0.123. The molecule has 4 aromatic rings. The number of hydrogen-bond donors (Lipinski definition) is 2. The molecule has 1 aliphatic heterocycles. The first kappa shape index (κ1) is 22.1. The molecule has 0 saturated heterocycles. The van der Waals surface area contributed by atoms with E-state index in [0.717, 1.165) is 38.4 Å². The fourth-order valence-corrected chi connectivity index (χ4v) is 5.30. The maximum Gasteiger partial charge on any atom is 0.240 e. The highest BCUT2D eigenvalue weighted by Gasteiger charge is 2.27. The Kier molecular flexibility index (Phi) is 6.27. The molecule has 2 N–H and O–H groups in total. The minimum absolute atomic E-state index is 0.000373. The van der Waals surface area contributed by atoms with Crippen LogP contribution in [0.2, 0.25) is 0 Å². The second-order valence-electron chi connectivity index (χ2n) is 8.16. The van der Waals surface area contributed by atoms with E-state index in [1.807, 2.05) is 72.9 Å². The SMILES string of the molecule is COc1ccc(C(CNC(=O)CN2C(=O)CSc3ccccc32)c2c[nH]c3ccccc23)cc1. The Morgan fingerprint density at radius 3 is 2.68 bits per heavy atom. The van der Waals surface area contributed by atoms with E-state index < -0.39 is 0 Å². The summed E-state index contributed by atoms with van der Waals surface area (Å²) < 4.78 is 5.32. The smallest absolute Gasteiger partial charge is 0.240 e. The van der Waals surface area contributed by atoms with E-state index in [-0.39, 0.29) is 24.3 Å². The number of H-pyrrole nitrogens is 1. The number of carbonyl (C=O) groups excluding carboxylic acids is 2. The average Bonchev–Trinajstić information content (AvgIpc) is 3.30. The van der Waals surface area contributed by atoms with Gasteiger partial charge in [0.05, 0.1) is 18.6 Å². The van der Waals surface area contributed by atoms with Gasteiger partial charge in [0.1, 0.15) is 12.3 Å². The first-order valence-electron chi connectivity index (χ1n) is 11.1. The normalized spacial score (nSPS) is 14.0. The lowest BCUT2D eigenvalue weighted by Crippen LogP contribution is -2.44. The van der Waals surface area contributed by atoms with E-state index in [2.05, 4.69) is 16.4 Å². The van der Waals surface area contributed by atoms with Gasteiger partial charge >= 0.3 is 0 Å². The summed E-state index contributed by atoms with van der Waals surface area (Å²) in [5.74, 6) is 0.820. The first-order valence-corrected chi connectivity index (χ1v) is 12.1. The van der Waals surface area contributed by atoms with Gasteiger partial charge in [0, 0.05) is 34.5 Å². The molecule has 0 bridgehead atoms. The zero-order valence-electron chi connectivity index (χ0n) is 18.8. The maximum absolute atomic E-state index is 13.0. The van der Waals surface area contributed by atoms with Crippen molar-refractivity contribution in [3.63, 3.8) is 0 Å². The fraction of sp³-hybridized carbons (Fsp3) is 0.185. The van der Waals surface area contributed by atoms with E-state index in [1.165, 1.54) is 11.8 Å². The van der Waals surface area contributed by atoms with Crippen molar-refractivity contribution in [2.75, 3.05) is 30.9 Å². The molecule has 2 heterocycles. The summed E-state index contributed by atoms with van der Waals surface area (Å²) in [6.45, 7) is 0.408. The van der Waals surface area contributed by atoms with Crippen molar-refractivity contribution >= 4 is 40.2 Å². The number of thioether (sulfide) groups is 1. The third kappa shape index (κ3) is 4.39. The molecule has 7 heteroatoms. The Bertz CT molecular complexity index is 1330. The van der Waals surface area contributed by atoms with Crippen molar-refractivity contribution < 1.29 is 14.3 Å². The lowest BCUT2D eigenvalue weighted by atomic mass is 9.90. The van der Waals surface area contributed by atoms with Gasteiger partial charge in [0.2, 0.25) is 11.8 Å². The summed E-state index contributed by atoms with van der Waals surface area (Å²) in [4.78, 5) is 31.5. The number of fused-ring (bicyclic) bond motifs is 2. The van der Waals surface area contributed by atoms with Crippen molar-refractivity contribution in [2.45, 2.75) is 10.8 Å². The number of hydrogen-bond acceptors (Lipinski definition) is 4. The minimum Gasteiger partial charge on any atom is -0.497 e. The standard InChI is InChI=1S/C27H25N3O3S/c1-33-19-12-10-18(11-13-19)21(22-15-28-23-7-3-2-6-20(22)23)14-29-26(31)16-30-24-8-4-5-9-25(24)34-17-27(30)32/h2-13,15,21,28H,14,16-17H2,1H3,(H,29,31). The van der Waals surface area contributed by atoms with Gasteiger partial charge in [-0.2, -0.15) is 0 Å². The molecule has 0 radical (unpaired) electrons. The maximum atomic E-state index is 13.0. The monoisotopic (exact) mass is 471 g/mol. The van der Waals surface area contributed by atoms with Crippen LogP contribution in [-0.2, 0) is 9.59 Å². The molecule has 0 saturated carbocycles. The summed E-state index contributed by atoms with van der Waals surface area (Å²) in [6.07, 6.45) is 2.01. The van der Waals surface area contributed by atoms with Gasteiger partial charge in [0.25, 0.3) is 0 Å². The molecule has 1 aliphatic rings. The zero-order valence-corrected chi connectivity index (χ0v) is 19.6. The van der Waals surface area contributed by atoms with Crippen molar-refractivity contribution in [3.05, 3.63) is 90.1 Å². The van der Waals surface area contributed by atoms with E-state index in [4.69, 9.17) is 4.74 Å². The molecule has 0 fully saturated rings. The van der Waals surface area contributed by atoms with Crippen LogP contribution in [0.25, 0.3) is 10.9 Å². The van der Waals surface area contributed by atoms with Crippen LogP contribution in [0.3, 0.4) is 0 Å². The topological polar surface area (TPSA) is 74.4 Å². The zero-order chi connectivity index (χ0) is 23.5. The molecule has 1 atom stereocenters. The van der Waals surface area contributed by atoms with E-state index >= 15 is 0 Å². The summed E-state index contributed by atoms with van der Waals surface area (Å²) in [5, 5.41) is 4.20. The molecular weight excluding hydrogens is 446 g/mol. The van der Waals surface area contributed by atoms with Gasteiger partial charge in [-0.15, -0.1) is 11.8 Å². The van der Waals surface area contributed by atoms with Crippen LogP contribution in [0, 0.1) is 0 Å². The predicted molar refractivity (Wildman–Crippen MR) is 136 cm³/mol. The van der Waals surface area contributed by atoms with Crippen molar-refractivity contribution in [3.8, 4) is 5.75 Å². The molecule has 0 spiro atoms. The number of ether oxygens (including phenoxy) is 1. The summed E-state index contributed by atoms with van der Waals surface area (Å²) in [5.41, 5.74) is 4.02. The number of rotatable bonds is 7. The molecule has 3 aromatic carbocycles. The van der Waals surface area contributed by atoms with Crippen molar-refractivity contribution in [1.29, 1.82) is 0 Å². The molecule has 34 heavy (non-hydrogen) atoms. The molecular formula is C27H25N3O3S. The first-order chi connectivity index (χ1) is 16.6. The Labute approximate surface area is 202 Å². The number of para-hydroxylation sites is 2. The molecule has 2 amide bonds. The Balaban J connectivity index is 1.38. The number of nitrogens with zero attached hydrogens (tertiary/aromatic N) is 1. The van der Waals surface area contributed by atoms with Gasteiger partial charge < -0.3 is 19.9 Å². The molecule has 172 valence electrons. The molecule has 1 unspecified atom stereocenters. The van der Waals surface area contributed by atoms with Crippen molar-refractivity contribution in [1.82, 2.24) is 10.3 Å². The van der Waals surface area contributed by atoms with Crippen LogP contribution >= 0.6 is 11.8 Å². The number of amides is 2. The van der Waals surface area contributed by atoms with Gasteiger partial charge in [-0.05, 0) is 41.5 Å². The summed E-state index contributed by atoms with van der Waals surface area (Å²) >= 11 is 1.51. The quantitative estimate of drug-likeness (QED) is 0.414. The second kappa shape index (κ2) is 9.65. The number of anilines is 1. The van der Waals surface area contributed by atoms with Gasteiger partial charge in [-0.25, -0.2) is 0 Å². The molecule has 1 aromatic heterocycles. The highest BCUT2D eigenvalue weighted by atomic mass is 32.2. The fourth-order valence-electron chi connectivity index (χ4n) is 4.37. The number of methoxy groups -OCH3 is 1. The van der Waals surface area contributed by atoms with Crippen LogP contribution in [0.15, 0.2) is 83.9 Å². The molecule has 0 aliphatic carbocycles. The largest absolute Gasteiger partial charge is 0.497 e. The van der Waals surface area contributed by atoms with Gasteiger partial charge in [-0.1, -0.05) is 42.5 Å². The summed E-state index contributed by atoms with van der Waals surface area (Å²) in [6, 6.07) is 23.8. The Morgan fingerprint density at radius 2 is 1.85 bits per heavy atom. The lowest BCUT2D eigenvalue weighted by Gasteiger charge is -2.28. The van der Waals surface area contributed by atoms with E-state index in [9.17, 15) is 9.59 Å². The van der Waals surface area contributed by atoms with E-state index in [1.54, 1.807) is 12.0 Å². The average molecular weight is 472 g/mol. The van der Waals surface area contributed by atoms with Crippen LogP contribution < -0.4 is 15.0 Å². The number of nitrogens with one attached hydrogen (secondary N) is 2. The predicted octanol–water partition coefficient (Wildman–Crippen LogP) is 4.56. The Hall–Kier alpha value is -3.71. The number of aromatic nitrogens is 1. The summed E-state index contributed by atoms with van der Waals surface area (Å²) in [7, 11) is 1.64. The van der Waals surface area contributed by atoms with Crippen LogP contribution in [0.4, 0.5) is 5.69 Å². The van der Waals surface area contributed by atoms with Crippen LogP contribution in [0.1, 0.15) is 17.0 Å². The molecule has 5 rings (SSSR count). The number of carbonyl (C=O) groups is 2. The van der Waals surface area contributed by atoms with Gasteiger partial charge in [0.15, 0.2) is 0 Å². The molecule has 6 nitrogen and oxygen atoms in total. The van der Waals surface area contributed by atoms with Crippen molar-refractivity contribution in [2.24, 2.45) is 0 Å². The third-order valence-electron chi connectivity index (χ3n) is 6.13. The highest BCUT2D eigenvalue weighted by molar-refractivity contribution is 8.00. The van der Waals surface area contributed by atoms with Crippen LogP contribution in [-0.4, -0.2) is 42.8 Å².